The van der Waals surface area contributed by atoms with E-state index >= 15 is 0 Å². The zero-order valence-electron chi connectivity index (χ0n) is 22.0. The van der Waals surface area contributed by atoms with E-state index in [1.807, 2.05) is 26.8 Å². The van der Waals surface area contributed by atoms with Gasteiger partial charge in [-0.3, -0.25) is 4.90 Å². The van der Waals surface area contributed by atoms with Crippen molar-refractivity contribution < 1.29 is 14.3 Å². The average Bonchev–Trinajstić information content (AvgIpc) is 2.88. The van der Waals surface area contributed by atoms with Gasteiger partial charge in [0, 0.05) is 39.3 Å². The maximum absolute atomic E-state index is 12.5. The van der Waals surface area contributed by atoms with Gasteiger partial charge in [-0.15, -0.1) is 0 Å². The van der Waals surface area contributed by atoms with Crippen LogP contribution in [0.2, 0.25) is 0 Å². The largest absolute Gasteiger partial charge is 0.486 e. The molecule has 2 heterocycles. The molecule has 0 saturated carbocycles. The molecule has 37 heavy (non-hydrogen) atoms. The molecule has 0 radical (unpaired) electrons. The van der Waals surface area contributed by atoms with Crippen LogP contribution in [0.4, 0.5) is 10.5 Å². The first-order valence-electron chi connectivity index (χ1n) is 13.2. The van der Waals surface area contributed by atoms with E-state index in [4.69, 9.17) is 9.47 Å². The number of ether oxygens (including phenoxy) is 2. The standard InChI is InChI=1S/C31H37N3O3/c1-31(2,3)37-30(35)33-20-18-32(19-21-33)27-16-10-11-17-28(27)36-26-22-34(23-26)29(24-12-6-4-7-13-24)25-14-8-5-9-15-25/h4-17,26,29H,18-23H2,1-3H3. The number of nitrogens with zero attached hydrogens (tertiary/aromatic N) is 3. The highest BCUT2D eigenvalue weighted by molar-refractivity contribution is 5.69. The van der Waals surface area contributed by atoms with Crippen LogP contribution in [0.3, 0.4) is 0 Å². The topological polar surface area (TPSA) is 45.3 Å². The number of piperazine rings is 1. The second-order valence-electron chi connectivity index (χ2n) is 10.8. The number of carbonyl (C=O) groups is 1. The normalized spacial score (nSPS) is 17.0. The number of likely N-dealkylation sites (tertiary alicyclic amines) is 1. The number of anilines is 1. The Hall–Kier alpha value is -3.51. The molecule has 0 aliphatic carbocycles. The Morgan fingerprint density at radius 2 is 1.32 bits per heavy atom. The van der Waals surface area contributed by atoms with Crippen LogP contribution in [-0.2, 0) is 4.74 Å². The summed E-state index contributed by atoms with van der Waals surface area (Å²) in [5.74, 6) is 0.911. The Balaban J connectivity index is 1.21. The fourth-order valence-electron chi connectivity index (χ4n) is 5.09. The van der Waals surface area contributed by atoms with Crippen LogP contribution >= 0.6 is 0 Å². The molecule has 3 aromatic rings. The molecule has 6 nitrogen and oxygen atoms in total. The monoisotopic (exact) mass is 499 g/mol. The number of hydrogen-bond acceptors (Lipinski definition) is 5. The zero-order chi connectivity index (χ0) is 25.8. The highest BCUT2D eigenvalue weighted by atomic mass is 16.6. The number of carbonyl (C=O) groups excluding carboxylic acids is 1. The molecule has 1 amide bonds. The lowest BCUT2D eigenvalue weighted by Gasteiger charge is -2.45. The fourth-order valence-corrected chi connectivity index (χ4v) is 5.09. The zero-order valence-corrected chi connectivity index (χ0v) is 22.0. The molecule has 0 unspecified atom stereocenters. The summed E-state index contributed by atoms with van der Waals surface area (Å²) >= 11 is 0. The summed E-state index contributed by atoms with van der Waals surface area (Å²) in [4.78, 5) is 19.0. The molecule has 2 fully saturated rings. The Kier molecular flexibility index (Phi) is 7.38. The molecule has 0 N–H and O–H groups in total. The molecule has 0 atom stereocenters. The smallest absolute Gasteiger partial charge is 0.410 e. The summed E-state index contributed by atoms with van der Waals surface area (Å²) in [5.41, 5.74) is 3.21. The SMILES string of the molecule is CC(C)(C)OC(=O)N1CCN(c2ccccc2OC2CN(C(c3ccccc3)c3ccccc3)C2)CC1. The van der Waals surface area contributed by atoms with Crippen LogP contribution in [0.25, 0.3) is 0 Å². The van der Waals surface area contributed by atoms with E-state index in [-0.39, 0.29) is 18.2 Å². The highest BCUT2D eigenvalue weighted by Crippen LogP contribution is 2.36. The molecule has 2 aliphatic rings. The number of amides is 1. The predicted octanol–water partition coefficient (Wildman–Crippen LogP) is 5.60. The van der Waals surface area contributed by atoms with Gasteiger partial charge in [0.1, 0.15) is 17.5 Å². The quantitative estimate of drug-likeness (QED) is 0.442. The maximum atomic E-state index is 12.5. The van der Waals surface area contributed by atoms with Crippen LogP contribution in [0.5, 0.6) is 5.75 Å². The van der Waals surface area contributed by atoms with E-state index in [9.17, 15) is 4.79 Å². The van der Waals surface area contributed by atoms with Crippen LogP contribution in [0.1, 0.15) is 37.9 Å². The molecule has 2 saturated heterocycles. The minimum atomic E-state index is -0.481. The minimum Gasteiger partial charge on any atom is -0.486 e. The van der Waals surface area contributed by atoms with Crippen molar-refractivity contribution >= 4 is 11.8 Å². The van der Waals surface area contributed by atoms with Crippen molar-refractivity contribution in [3.8, 4) is 5.75 Å². The molecule has 3 aromatic carbocycles. The van der Waals surface area contributed by atoms with Crippen molar-refractivity contribution in [3.63, 3.8) is 0 Å². The Morgan fingerprint density at radius 1 is 0.784 bits per heavy atom. The molecule has 0 bridgehead atoms. The Morgan fingerprint density at radius 3 is 1.89 bits per heavy atom. The van der Waals surface area contributed by atoms with Gasteiger partial charge < -0.3 is 19.3 Å². The van der Waals surface area contributed by atoms with Gasteiger partial charge in [-0.1, -0.05) is 72.8 Å². The lowest BCUT2D eigenvalue weighted by atomic mass is 9.94. The third-order valence-electron chi connectivity index (χ3n) is 6.90. The molecule has 6 heteroatoms. The van der Waals surface area contributed by atoms with Crippen molar-refractivity contribution in [1.82, 2.24) is 9.80 Å². The first-order valence-corrected chi connectivity index (χ1v) is 13.2. The molecule has 194 valence electrons. The van der Waals surface area contributed by atoms with Crippen LogP contribution in [0, 0.1) is 0 Å². The van der Waals surface area contributed by atoms with Crippen LogP contribution in [0.15, 0.2) is 84.9 Å². The molecule has 2 aliphatic heterocycles. The number of para-hydroxylation sites is 2. The highest BCUT2D eigenvalue weighted by Gasteiger charge is 2.36. The van der Waals surface area contributed by atoms with Crippen molar-refractivity contribution in [2.24, 2.45) is 0 Å². The third kappa shape index (κ3) is 6.08. The van der Waals surface area contributed by atoms with E-state index in [2.05, 4.69) is 88.7 Å². The lowest BCUT2D eigenvalue weighted by Crippen LogP contribution is -2.55. The summed E-state index contributed by atoms with van der Waals surface area (Å²) in [6, 6.07) is 29.9. The van der Waals surface area contributed by atoms with Crippen molar-refractivity contribution in [3.05, 3.63) is 96.1 Å². The van der Waals surface area contributed by atoms with Gasteiger partial charge in [0.2, 0.25) is 0 Å². The van der Waals surface area contributed by atoms with E-state index in [0.717, 1.165) is 37.6 Å². The Bertz CT molecular complexity index is 1130. The van der Waals surface area contributed by atoms with E-state index < -0.39 is 5.60 Å². The lowest BCUT2D eigenvalue weighted by molar-refractivity contribution is 0.000467. The van der Waals surface area contributed by atoms with E-state index in [1.54, 1.807) is 4.90 Å². The first-order chi connectivity index (χ1) is 17.9. The van der Waals surface area contributed by atoms with Gasteiger partial charge in [0.05, 0.1) is 11.7 Å². The summed E-state index contributed by atoms with van der Waals surface area (Å²) in [6.45, 7) is 10.2. The minimum absolute atomic E-state index is 0.138. The fraction of sp³-hybridized carbons (Fsp3) is 0.387. The van der Waals surface area contributed by atoms with Gasteiger partial charge in [-0.05, 0) is 44.0 Å². The van der Waals surface area contributed by atoms with Crippen LogP contribution in [-0.4, -0.2) is 66.9 Å². The van der Waals surface area contributed by atoms with E-state index in [1.165, 1.54) is 11.1 Å². The van der Waals surface area contributed by atoms with E-state index in [0.29, 0.717) is 13.1 Å². The molecular formula is C31H37N3O3. The van der Waals surface area contributed by atoms with Crippen molar-refractivity contribution in [2.45, 2.75) is 38.5 Å². The summed E-state index contributed by atoms with van der Waals surface area (Å²) < 4.78 is 12.1. The Labute approximate surface area is 220 Å². The van der Waals surface area contributed by atoms with Gasteiger partial charge in [0.15, 0.2) is 0 Å². The molecule has 0 spiro atoms. The van der Waals surface area contributed by atoms with Gasteiger partial charge in [-0.25, -0.2) is 4.79 Å². The number of benzene rings is 3. The van der Waals surface area contributed by atoms with Crippen LogP contribution < -0.4 is 9.64 Å². The van der Waals surface area contributed by atoms with Gasteiger partial charge in [0.25, 0.3) is 0 Å². The van der Waals surface area contributed by atoms with Crippen molar-refractivity contribution in [1.29, 1.82) is 0 Å². The second kappa shape index (κ2) is 10.9. The maximum Gasteiger partial charge on any atom is 0.410 e. The molecule has 5 rings (SSSR count). The number of rotatable bonds is 6. The average molecular weight is 500 g/mol. The summed E-state index contributed by atoms with van der Waals surface area (Å²) in [6.07, 6.45) is -0.100. The van der Waals surface area contributed by atoms with Crippen molar-refractivity contribution in [2.75, 3.05) is 44.2 Å². The van der Waals surface area contributed by atoms with Gasteiger partial charge >= 0.3 is 6.09 Å². The summed E-state index contributed by atoms with van der Waals surface area (Å²) in [7, 11) is 0. The second-order valence-corrected chi connectivity index (χ2v) is 10.8. The first kappa shape index (κ1) is 25.2. The molecule has 0 aromatic heterocycles. The predicted molar refractivity (Wildman–Crippen MR) is 147 cm³/mol. The molecular weight excluding hydrogens is 462 g/mol. The number of hydrogen-bond donors (Lipinski definition) is 0. The van der Waals surface area contributed by atoms with Gasteiger partial charge in [-0.2, -0.15) is 0 Å². The summed E-state index contributed by atoms with van der Waals surface area (Å²) in [5, 5.41) is 0. The third-order valence-corrected chi connectivity index (χ3v) is 6.90.